The summed E-state index contributed by atoms with van der Waals surface area (Å²) in [6, 6.07) is 31.6. The van der Waals surface area contributed by atoms with Gasteiger partial charge in [0.1, 0.15) is 19.3 Å². The first-order chi connectivity index (χ1) is 24.3. The van der Waals surface area contributed by atoms with E-state index in [4.69, 9.17) is 33.2 Å². The van der Waals surface area contributed by atoms with E-state index in [-0.39, 0.29) is 28.9 Å². The minimum absolute atomic E-state index is 0.110. The Morgan fingerprint density at radius 2 is 0.900 bits per heavy atom. The first-order valence-corrected chi connectivity index (χ1v) is 15.4. The van der Waals surface area contributed by atoms with Crippen molar-refractivity contribution in [1.82, 2.24) is 0 Å². The van der Waals surface area contributed by atoms with Gasteiger partial charge in [0.15, 0.2) is 12.2 Å². The van der Waals surface area contributed by atoms with Gasteiger partial charge in [-0.25, -0.2) is 24.0 Å². The summed E-state index contributed by atoms with van der Waals surface area (Å²) in [5.74, 6) is -3.53. The fourth-order valence-corrected chi connectivity index (χ4v) is 4.87. The second-order valence-corrected chi connectivity index (χ2v) is 10.7. The normalized spacial score (nSPS) is 19.6. The Labute approximate surface area is 287 Å². The summed E-state index contributed by atoms with van der Waals surface area (Å²) in [7, 11) is 0. The third-order valence-electron chi connectivity index (χ3n) is 7.27. The molecule has 0 saturated carbocycles. The van der Waals surface area contributed by atoms with Crippen LogP contribution in [0, 0.1) is 0 Å². The molecule has 0 amide bonds. The topological polar surface area (TPSA) is 150 Å². The van der Waals surface area contributed by atoms with Gasteiger partial charge in [0.05, 0.1) is 22.3 Å². The Morgan fingerprint density at radius 3 is 1.32 bits per heavy atom. The van der Waals surface area contributed by atoms with Crippen LogP contribution in [-0.4, -0.2) is 74.0 Å². The molecule has 1 fully saturated rings. The van der Waals surface area contributed by atoms with Crippen molar-refractivity contribution in [1.29, 1.82) is 0 Å². The second kappa shape index (κ2) is 17.2. The summed E-state index contributed by atoms with van der Waals surface area (Å²) < 4.78 is 39.7. The predicted molar refractivity (Wildman–Crippen MR) is 175 cm³/mol. The highest BCUT2D eigenvalue weighted by atomic mass is 16.8. The minimum atomic E-state index is -1.77. The van der Waals surface area contributed by atoms with E-state index in [9.17, 15) is 24.0 Å². The van der Waals surface area contributed by atoms with Crippen molar-refractivity contribution in [2.75, 3.05) is 13.2 Å². The maximum Gasteiger partial charge on any atom is 0.508 e. The van der Waals surface area contributed by atoms with Crippen molar-refractivity contribution in [2.45, 2.75) is 30.7 Å². The van der Waals surface area contributed by atoms with Gasteiger partial charge >= 0.3 is 30.0 Å². The number of carbonyl (C=O) groups is 5. The summed E-state index contributed by atoms with van der Waals surface area (Å²) in [5.41, 5.74) is 0.475. The monoisotopic (exact) mass is 680 g/mol. The summed E-state index contributed by atoms with van der Waals surface area (Å²) >= 11 is 0. The number of rotatable bonds is 12. The molecule has 1 heterocycles. The van der Waals surface area contributed by atoms with E-state index in [1.165, 1.54) is 54.6 Å². The molecule has 12 heteroatoms. The van der Waals surface area contributed by atoms with Gasteiger partial charge in [0.2, 0.25) is 12.4 Å². The molecule has 5 rings (SSSR count). The number of hydrogen-bond acceptors (Lipinski definition) is 12. The smallest absolute Gasteiger partial charge is 0.452 e. The summed E-state index contributed by atoms with van der Waals surface area (Å²) in [5, 5.41) is 0. The van der Waals surface area contributed by atoms with Crippen LogP contribution in [0.5, 0.6) is 0 Å². The third kappa shape index (κ3) is 9.20. The van der Waals surface area contributed by atoms with Gasteiger partial charge in [-0.2, -0.15) is 0 Å². The Kier molecular flexibility index (Phi) is 12.1. The molecule has 1 aliphatic heterocycles. The van der Waals surface area contributed by atoms with Crippen molar-refractivity contribution in [2.24, 2.45) is 0 Å². The van der Waals surface area contributed by atoms with Gasteiger partial charge in [-0.1, -0.05) is 85.5 Å². The number of benzene rings is 4. The molecular formula is C38H32O12. The highest BCUT2D eigenvalue weighted by Crippen LogP contribution is 2.32. The Morgan fingerprint density at radius 1 is 0.520 bits per heavy atom. The van der Waals surface area contributed by atoms with E-state index in [0.29, 0.717) is 0 Å². The zero-order valence-electron chi connectivity index (χ0n) is 26.5. The van der Waals surface area contributed by atoms with Crippen molar-refractivity contribution in [3.63, 3.8) is 0 Å². The fourth-order valence-electron chi connectivity index (χ4n) is 4.87. The fraction of sp³-hybridized carbons (Fsp3) is 0.184. The highest BCUT2D eigenvalue weighted by molar-refractivity contribution is 5.92. The van der Waals surface area contributed by atoms with Crippen LogP contribution in [0.15, 0.2) is 134 Å². The van der Waals surface area contributed by atoms with E-state index >= 15 is 0 Å². The van der Waals surface area contributed by atoms with Crippen molar-refractivity contribution in [3.05, 3.63) is 156 Å². The van der Waals surface area contributed by atoms with Crippen LogP contribution in [0.4, 0.5) is 4.79 Å². The van der Waals surface area contributed by atoms with Gasteiger partial charge in [-0.3, -0.25) is 0 Å². The van der Waals surface area contributed by atoms with Crippen LogP contribution < -0.4 is 0 Å². The zero-order chi connectivity index (χ0) is 35.3. The standard InChI is InChI=1S/C38H32O12/c1-2-23-44-38(43)45-24-29-30(47-33(39)25-15-7-3-8-16-25)31(48-34(40)26-17-9-4-10-18-26)32(49-35(41)27-19-11-5-12-20-27)37(46-29)50-36(42)28-21-13-6-14-22-28/h2-22,29-32,37H,1,23-24H2/t29-,30-,31+,32-,37?/m1/s1. The summed E-state index contributed by atoms with van der Waals surface area (Å²) in [6.07, 6.45) is -7.99. The molecule has 256 valence electrons. The van der Waals surface area contributed by atoms with Gasteiger partial charge in [-0.05, 0) is 48.5 Å². The van der Waals surface area contributed by atoms with Crippen LogP contribution in [0.1, 0.15) is 41.4 Å². The summed E-state index contributed by atoms with van der Waals surface area (Å²) in [6.45, 7) is 2.68. The molecule has 0 spiro atoms. The molecule has 1 aliphatic rings. The molecule has 5 atom stereocenters. The predicted octanol–water partition coefficient (Wildman–Crippen LogP) is 5.58. The molecule has 12 nitrogen and oxygen atoms in total. The van der Waals surface area contributed by atoms with Crippen molar-refractivity contribution in [3.8, 4) is 0 Å². The third-order valence-corrected chi connectivity index (χ3v) is 7.27. The van der Waals surface area contributed by atoms with E-state index in [1.54, 1.807) is 72.8 Å². The minimum Gasteiger partial charge on any atom is -0.452 e. The average molecular weight is 681 g/mol. The lowest BCUT2D eigenvalue weighted by Crippen LogP contribution is -2.63. The van der Waals surface area contributed by atoms with Crippen LogP contribution >= 0.6 is 0 Å². The largest absolute Gasteiger partial charge is 0.508 e. The Bertz CT molecular complexity index is 1760. The molecule has 1 unspecified atom stereocenters. The molecule has 0 radical (unpaired) electrons. The van der Waals surface area contributed by atoms with Crippen LogP contribution in [0.2, 0.25) is 0 Å². The van der Waals surface area contributed by atoms with Gasteiger partial charge < -0.3 is 33.2 Å². The van der Waals surface area contributed by atoms with E-state index in [0.717, 1.165) is 0 Å². The lowest BCUT2D eigenvalue weighted by molar-refractivity contribution is -0.283. The molecule has 1 saturated heterocycles. The zero-order valence-corrected chi connectivity index (χ0v) is 26.5. The van der Waals surface area contributed by atoms with Crippen LogP contribution in [0.25, 0.3) is 0 Å². The highest BCUT2D eigenvalue weighted by Gasteiger charge is 2.54. The first-order valence-electron chi connectivity index (χ1n) is 15.4. The average Bonchev–Trinajstić information content (AvgIpc) is 3.16. The molecule has 4 aromatic carbocycles. The summed E-state index contributed by atoms with van der Waals surface area (Å²) in [4.78, 5) is 66.3. The van der Waals surface area contributed by atoms with E-state index in [2.05, 4.69) is 6.58 Å². The number of esters is 4. The van der Waals surface area contributed by atoms with Crippen molar-refractivity contribution < 1.29 is 57.1 Å². The molecule has 0 aromatic heterocycles. The molecular weight excluding hydrogens is 648 g/mol. The quantitative estimate of drug-likeness (QED) is 0.104. The van der Waals surface area contributed by atoms with Gasteiger partial charge in [0.25, 0.3) is 0 Å². The van der Waals surface area contributed by atoms with Crippen molar-refractivity contribution >= 4 is 30.0 Å². The lowest BCUT2D eigenvalue weighted by Gasteiger charge is -2.43. The van der Waals surface area contributed by atoms with E-state index in [1.807, 2.05) is 0 Å². The maximum atomic E-state index is 13.6. The number of carbonyl (C=O) groups excluding carboxylic acids is 5. The van der Waals surface area contributed by atoms with Crippen LogP contribution in [-0.2, 0) is 33.2 Å². The Hall–Kier alpha value is -6.27. The van der Waals surface area contributed by atoms with Gasteiger partial charge in [-0.15, -0.1) is 0 Å². The van der Waals surface area contributed by atoms with Gasteiger partial charge in [0, 0.05) is 0 Å². The van der Waals surface area contributed by atoms with E-state index < -0.39 is 67.3 Å². The lowest BCUT2D eigenvalue weighted by atomic mass is 9.97. The molecule has 4 aromatic rings. The van der Waals surface area contributed by atoms with Crippen LogP contribution in [0.3, 0.4) is 0 Å². The molecule has 0 aliphatic carbocycles. The first kappa shape index (κ1) is 35.0. The maximum absolute atomic E-state index is 13.6. The number of ether oxygens (including phenoxy) is 7. The molecule has 0 bridgehead atoms. The second-order valence-electron chi connectivity index (χ2n) is 10.7. The molecule has 50 heavy (non-hydrogen) atoms. The number of hydrogen-bond donors (Lipinski definition) is 0. The SMILES string of the molecule is C=CCOC(=O)OC[C@H]1OC(OC(=O)c2ccccc2)[C@H](OC(=O)c2ccccc2)[C@@H](OC(=O)c2ccccc2)[C@@H]1OC(=O)c1ccccc1. The Balaban J connectivity index is 1.57. The molecule has 0 N–H and O–H groups in total.